The Hall–Kier alpha value is -0.740. The Bertz CT molecular complexity index is 607. The molecule has 0 aromatic carbocycles. The highest BCUT2D eigenvalue weighted by Gasteiger charge is 2.72. The van der Waals surface area contributed by atoms with Crippen LogP contribution in [0.15, 0.2) is 0 Å². The number of hydroxylamine groups is 6. The first-order valence-electron chi connectivity index (χ1n) is 8.93. The maximum absolute atomic E-state index is 13.8. The SMILES string of the molecule is C[N+](C)(O)CCCN(CCC[N+](C)(C)O)S(=O)(=O)CCC(F)(C(F)(F)F)C(F)(F)F. The third-order valence-electron chi connectivity index (χ3n) is 4.22. The molecule has 7 nitrogen and oxygen atoms in total. The number of nitrogens with zero attached hydrogens (tertiary/aromatic N) is 3. The molecule has 0 saturated heterocycles. The van der Waals surface area contributed by atoms with Gasteiger partial charge >= 0.3 is 12.4 Å². The maximum atomic E-state index is 13.8. The fraction of sp³-hybridized carbons (Fsp3) is 1.00. The molecule has 0 saturated carbocycles. The van der Waals surface area contributed by atoms with E-state index < -0.39 is 49.5 Å². The molecule has 0 radical (unpaired) electrons. The van der Waals surface area contributed by atoms with Gasteiger partial charge in [-0.3, -0.25) is 0 Å². The molecule has 0 rings (SSSR count). The molecule has 0 aliphatic carbocycles. The van der Waals surface area contributed by atoms with E-state index in [2.05, 4.69) is 0 Å². The van der Waals surface area contributed by atoms with Crippen LogP contribution < -0.4 is 0 Å². The summed E-state index contributed by atoms with van der Waals surface area (Å²) in [5.74, 6) is -1.71. The zero-order valence-electron chi connectivity index (χ0n) is 17.3. The van der Waals surface area contributed by atoms with Gasteiger partial charge in [-0.1, -0.05) is 0 Å². The number of hydrogen-bond donors (Lipinski definition) is 2. The van der Waals surface area contributed by atoms with Gasteiger partial charge in [0.1, 0.15) is 13.1 Å². The van der Waals surface area contributed by atoms with Crippen molar-refractivity contribution in [2.75, 3.05) is 60.1 Å². The average Bonchev–Trinajstić information content (AvgIpc) is 2.46. The molecule has 0 aromatic heterocycles. The lowest BCUT2D eigenvalue weighted by molar-refractivity contribution is -1.07. The molecule has 0 heterocycles. The third-order valence-corrected chi connectivity index (χ3v) is 6.09. The molecule has 30 heavy (non-hydrogen) atoms. The van der Waals surface area contributed by atoms with Crippen LogP contribution >= 0.6 is 0 Å². The van der Waals surface area contributed by atoms with Crippen LogP contribution in [0.5, 0.6) is 0 Å². The summed E-state index contributed by atoms with van der Waals surface area (Å²) in [5.41, 5.74) is -5.66. The van der Waals surface area contributed by atoms with E-state index in [9.17, 15) is 49.6 Å². The van der Waals surface area contributed by atoms with E-state index in [1.807, 2.05) is 0 Å². The second kappa shape index (κ2) is 9.81. The summed E-state index contributed by atoms with van der Waals surface area (Å²) in [5, 5.41) is 19.3. The zero-order valence-corrected chi connectivity index (χ0v) is 18.1. The molecule has 0 spiro atoms. The van der Waals surface area contributed by atoms with Crippen LogP contribution in [0.2, 0.25) is 0 Å². The number of rotatable bonds is 12. The average molecular weight is 481 g/mol. The van der Waals surface area contributed by atoms with Crippen LogP contribution in [0.3, 0.4) is 0 Å². The molecule has 15 heteroatoms. The summed E-state index contributed by atoms with van der Waals surface area (Å²) in [7, 11) is 0.839. The van der Waals surface area contributed by atoms with E-state index in [1.165, 1.54) is 28.2 Å². The molecule has 0 atom stereocenters. The molecule has 0 aliphatic heterocycles. The largest absolute Gasteiger partial charge is 0.431 e. The number of alkyl halides is 7. The van der Waals surface area contributed by atoms with Gasteiger partial charge in [0.15, 0.2) is 0 Å². The van der Waals surface area contributed by atoms with Crippen molar-refractivity contribution in [3.63, 3.8) is 0 Å². The fourth-order valence-electron chi connectivity index (χ4n) is 2.50. The number of sulfonamides is 1. The Labute approximate surface area is 171 Å². The Morgan fingerprint density at radius 1 is 0.767 bits per heavy atom. The first-order chi connectivity index (χ1) is 13.0. The van der Waals surface area contributed by atoms with Gasteiger partial charge in [0.25, 0.3) is 5.67 Å². The van der Waals surface area contributed by atoms with E-state index in [0.717, 1.165) is 0 Å². The van der Waals surface area contributed by atoms with E-state index in [4.69, 9.17) is 0 Å². The fourth-order valence-corrected chi connectivity index (χ4v) is 4.11. The van der Waals surface area contributed by atoms with Crippen LogP contribution in [0.4, 0.5) is 30.7 Å². The molecular formula is C15H30F7N3O4S+2. The molecule has 0 amide bonds. The first-order valence-corrected chi connectivity index (χ1v) is 10.5. The van der Waals surface area contributed by atoms with Gasteiger partial charge in [0.05, 0.1) is 33.9 Å². The van der Waals surface area contributed by atoms with Crippen LogP contribution in [0, 0.1) is 0 Å². The van der Waals surface area contributed by atoms with E-state index in [-0.39, 0.29) is 39.0 Å². The van der Waals surface area contributed by atoms with Gasteiger partial charge in [0.2, 0.25) is 10.0 Å². The van der Waals surface area contributed by atoms with Crippen LogP contribution in [0.25, 0.3) is 0 Å². The van der Waals surface area contributed by atoms with Gasteiger partial charge in [-0.15, -0.1) is 0 Å². The third kappa shape index (κ3) is 9.60. The van der Waals surface area contributed by atoms with E-state index in [0.29, 0.717) is 4.31 Å². The van der Waals surface area contributed by atoms with Crippen molar-refractivity contribution >= 4 is 10.0 Å². The van der Waals surface area contributed by atoms with Crippen LogP contribution in [-0.4, -0.2) is 111 Å². The highest BCUT2D eigenvalue weighted by Crippen LogP contribution is 2.48. The van der Waals surface area contributed by atoms with Gasteiger partial charge in [0, 0.05) is 32.4 Å². The Morgan fingerprint density at radius 2 is 1.10 bits per heavy atom. The van der Waals surface area contributed by atoms with Crippen molar-refractivity contribution in [2.24, 2.45) is 0 Å². The number of quaternary nitrogens is 2. The predicted octanol–water partition coefficient (Wildman–Crippen LogP) is 2.55. The highest BCUT2D eigenvalue weighted by atomic mass is 32.2. The van der Waals surface area contributed by atoms with Gasteiger partial charge in [-0.25, -0.2) is 27.5 Å². The topological polar surface area (TPSA) is 77.8 Å². The molecule has 0 bridgehead atoms. The van der Waals surface area contributed by atoms with Gasteiger partial charge in [-0.2, -0.15) is 35.6 Å². The van der Waals surface area contributed by atoms with Crippen molar-refractivity contribution in [1.82, 2.24) is 4.31 Å². The predicted molar refractivity (Wildman–Crippen MR) is 92.7 cm³/mol. The van der Waals surface area contributed by atoms with E-state index in [1.54, 1.807) is 0 Å². The molecule has 0 aromatic rings. The van der Waals surface area contributed by atoms with Gasteiger partial charge in [-0.05, 0) is 0 Å². The van der Waals surface area contributed by atoms with Crippen molar-refractivity contribution in [2.45, 2.75) is 37.3 Å². The highest BCUT2D eigenvalue weighted by molar-refractivity contribution is 7.89. The summed E-state index contributed by atoms with van der Waals surface area (Å²) < 4.78 is 114. The summed E-state index contributed by atoms with van der Waals surface area (Å²) in [6.07, 6.45) is -14.9. The van der Waals surface area contributed by atoms with Crippen LogP contribution in [-0.2, 0) is 10.0 Å². The van der Waals surface area contributed by atoms with E-state index >= 15 is 0 Å². The summed E-state index contributed by atoms with van der Waals surface area (Å²) in [4.78, 5) is 0. The summed E-state index contributed by atoms with van der Waals surface area (Å²) >= 11 is 0. The Balaban J connectivity index is 5.46. The Kier molecular flexibility index (Phi) is 9.57. The summed E-state index contributed by atoms with van der Waals surface area (Å²) in [6, 6.07) is 0. The lowest BCUT2D eigenvalue weighted by Crippen LogP contribution is -2.54. The van der Waals surface area contributed by atoms with Crippen molar-refractivity contribution in [3.8, 4) is 0 Å². The number of hydrogen-bond acceptors (Lipinski definition) is 4. The second-order valence-electron chi connectivity index (χ2n) is 8.16. The maximum Gasteiger partial charge on any atom is 0.431 e. The summed E-state index contributed by atoms with van der Waals surface area (Å²) in [6.45, 7) is -0.515. The Morgan fingerprint density at radius 3 is 1.37 bits per heavy atom. The molecular weight excluding hydrogens is 451 g/mol. The first kappa shape index (κ1) is 29.3. The smallest absolute Gasteiger partial charge is 0.224 e. The van der Waals surface area contributed by atoms with Crippen molar-refractivity contribution in [1.29, 1.82) is 0 Å². The quantitative estimate of drug-likeness (QED) is 0.255. The normalized spacial score (nSPS) is 15.1. The molecule has 0 fully saturated rings. The number of halogens is 7. The lowest BCUT2D eigenvalue weighted by Gasteiger charge is -2.31. The second-order valence-corrected chi connectivity index (χ2v) is 10.2. The molecule has 0 aliphatic rings. The zero-order chi connectivity index (χ0) is 24.2. The van der Waals surface area contributed by atoms with Crippen molar-refractivity contribution in [3.05, 3.63) is 0 Å². The minimum Gasteiger partial charge on any atom is -0.224 e. The van der Waals surface area contributed by atoms with Crippen LogP contribution in [0.1, 0.15) is 19.3 Å². The van der Waals surface area contributed by atoms with Crippen molar-refractivity contribution < 1.29 is 58.9 Å². The molecule has 0 unspecified atom stereocenters. The van der Waals surface area contributed by atoms with Gasteiger partial charge < -0.3 is 0 Å². The molecule has 182 valence electrons. The minimum atomic E-state index is -6.33. The minimum absolute atomic E-state index is 0.0411. The standard InChI is InChI=1S/C15H30F7N3O4S/c1-24(2,26)10-5-8-23(9-6-11-25(3,4)27)30(28,29)12-7-13(16,14(17,18)19)15(20,21)22/h26-27H,5-12H2,1-4H3/q+2. The lowest BCUT2D eigenvalue weighted by atomic mass is 10.0. The molecule has 2 N–H and O–H groups in total. The monoisotopic (exact) mass is 481 g/mol.